The summed E-state index contributed by atoms with van der Waals surface area (Å²) in [5.74, 6) is -0.418. The second-order valence-corrected chi connectivity index (χ2v) is 4.25. The van der Waals surface area contributed by atoms with Gasteiger partial charge in [0.05, 0.1) is 0 Å². The average molecular weight is 258 g/mol. The Hall–Kier alpha value is -0.870. The first-order chi connectivity index (χ1) is 8.54. The summed E-state index contributed by atoms with van der Waals surface area (Å²) in [5.41, 5.74) is 0.377. The molecule has 18 heavy (non-hydrogen) atoms. The van der Waals surface area contributed by atoms with E-state index in [1.807, 2.05) is 20.8 Å². The van der Waals surface area contributed by atoms with Crippen LogP contribution in [0.4, 0.5) is 0 Å². The third-order valence-electron chi connectivity index (χ3n) is 2.26. The molecule has 0 aliphatic carbocycles. The van der Waals surface area contributed by atoms with Gasteiger partial charge in [0.1, 0.15) is 0 Å². The van der Waals surface area contributed by atoms with Crippen LogP contribution >= 0.6 is 0 Å². The van der Waals surface area contributed by atoms with Crippen LogP contribution in [0.15, 0.2) is 12.2 Å². The predicted octanol–water partition coefficient (Wildman–Crippen LogP) is 3.41. The van der Waals surface area contributed by atoms with E-state index >= 15 is 0 Å². The van der Waals surface area contributed by atoms with Gasteiger partial charge in [-0.15, -0.1) is 0 Å². The number of carbonyl (C=O) groups is 1. The van der Waals surface area contributed by atoms with Crippen LogP contribution in [0.2, 0.25) is 0 Å². The first-order valence-electron chi connectivity index (χ1n) is 6.68. The van der Waals surface area contributed by atoms with Crippen molar-refractivity contribution in [2.45, 2.75) is 66.0 Å². The van der Waals surface area contributed by atoms with Crippen LogP contribution in [-0.4, -0.2) is 25.2 Å². The van der Waals surface area contributed by atoms with Gasteiger partial charge in [-0.3, -0.25) is 0 Å². The van der Waals surface area contributed by atoms with Crippen molar-refractivity contribution < 1.29 is 19.0 Å². The molecule has 4 nitrogen and oxygen atoms in total. The number of hydrogen-bond acceptors (Lipinski definition) is 4. The van der Waals surface area contributed by atoms with E-state index in [-0.39, 0.29) is 6.29 Å². The van der Waals surface area contributed by atoms with Gasteiger partial charge in [0.2, 0.25) is 6.29 Å². The van der Waals surface area contributed by atoms with Gasteiger partial charge in [-0.1, -0.05) is 33.8 Å². The molecule has 0 heterocycles. The summed E-state index contributed by atoms with van der Waals surface area (Å²) in [5, 5.41) is 0. The molecule has 2 unspecified atom stereocenters. The Bertz CT molecular complexity index is 250. The molecule has 0 aromatic carbocycles. The van der Waals surface area contributed by atoms with E-state index < -0.39 is 12.3 Å². The summed E-state index contributed by atoms with van der Waals surface area (Å²) in [6, 6.07) is 0. The number of rotatable bonds is 10. The van der Waals surface area contributed by atoms with Gasteiger partial charge in [-0.05, 0) is 19.8 Å². The third-order valence-corrected chi connectivity index (χ3v) is 2.26. The van der Waals surface area contributed by atoms with Gasteiger partial charge in [0, 0.05) is 18.6 Å². The SMILES string of the molecule is C=C(C)C(=O)OC(CCC)OC(CC)OCCC. The van der Waals surface area contributed by atoms with Crippen LogP contribution in [0, 0.1) is 0 Å². The number of hydrogen-bond donors (Lipinski definition) is 0. The molecule has 0 spiro atoms. The first-order valence-corrected chi connectivity index (χ1v) is 6.68. The molecule has 0 aliphatic heterocycles. The molecule has 2 atom stereocenters. The fourth-order valence-corrected chi connectivity index (χ4v) is 1.28. The molecular weight excluding hydrogens is 232 g/mol. The lowest BCUT2D eigenvalue weighted by atomic mass is 10.3. The van der Waals surface area contributed by atoms with Crippen LogP contribution in [0.3, 0.4) is 0 Å². The normalized spacial score (nSPS) is 14.0. The molecule has 0 bridgehead atoms. The largest absolute Gasteiger partial charge is 0.432 e. The molecule has 106 valence electrons. The van der Waals surface area contributed by atoms with E-state index in [1.165, 1.54) is 0 Å². The fraction of sp³-hybridized carbons (Fsp3) is 0.786. The zero-order valence-electron chi connectivity index (χ0n) is 12.0. The molecule has 0 saturated carbocycles. The summed E-state index contributed by atoms with van der Waals surface area (Å²) < 4.78 is 16.4. The molecule has 0 N–H and O–H groups in total. The average Bonchev–Trinajstić information content (AvgIpc) is 2.34. The Morgan fingerprint density at radius 3 is 2.28 bits per heavy atom. The highest BCUT2D eigenvalue weighted by atomic mass is 16.8. The Balaban J connectivity index is 4.30. The van der Waals surface area contributed by atoms with E-state index in [1.54, 1.807) is 6.92 Å². The van der Waals surface area contributed by atoms with E-state index in [0.717, 1.165) is 19.3 Å². The maximum absolute atomic E-state index is 11.5. The Morgan fingerprint density at radius 2 is 1.83 bits per heavy atom. The van der Waals surface area contributed by atoms with E-state index in [0.29, 0.717) is 18.6 Å². The van der Waals surface area contributed by atoms with Crippen LogP contribution in [0.25, 0.3) is 0 Å². The summed E-state index contributed by atoms with van der Waals surface area (Å²) in [7, 11) is 0. The van der Waals surface area contributed by atoms with Crippen molar-refractivity contribution in [1.82, 2.24) is 0 Å². The quantitative estimate of drug-likeness (QED) is 0.342. The summed E-state index contributed by atoms with van der Waals surface area (Å²) in [6.07, 6.45) is 2.32. The van der Waals surface area contributed by atoms with Crippen LogP contribution < -0.4 is 0 Å². The smallest absolute Gasteiger partial charge is 0.335 e. The molecule has 0 aromatic rings. The molecule has 4 heteroatoms. The van der Waals surface area contributed by atoms with Crippen LogP contribution in [0.1, 0.15) is 53.4 Å². The topological polar surface area (TPSA) is 44.8 Å². The third kappa shape index (κ3) is 7.45. The van der Waals surface area contributed by atoms with Crippen molar-refractivity contribution in [3.05, 3.63) is 12.2 Å². The minimum Gasteiger partial charge on any atom is -0.432 e. The molecule has 0 saturated heterocycles. The lowest BCUT2D eigenvalue weighted by Gasteiger charge is -2.24. The van der Waals surface area contributed by atoms with Crippen molar-refractivity contribution in [3.63, 3.8) is 0 Å². The highest BCUT2D eigenvalue weighted by Crippen LogP contribution is 2.13. The zero-order valence-corrected chi connectivity index (χ0v) is 12.0. The molecule has 0 rings (SSSR count). The molecular formula is C14H26O4. The van der Waals surface area contributed by atoms with Gasteiger partial charge in [-0.2, -0.15) is 0 Å². The Morgan fingerprint density at radius 1 is 1.17 bits per heavy atom. The van der Waals surface area contributed by atoms with Gasteiger partial charge in [-0.25, -0.2) is 4.79 Å². The molecule has 0 aromatic heterocycles. The van der Waals surface area contributed by atoms with Crippen molar-refractivity contribution in [2.24, 2.45) is 0 Å². The second-order valence-electron chi connectivity index (χ2n) is 4.25. The fourth-order valence-electron chi connectivity index (χ4n) is 1.28. The summed E-state index contributed by atoms with van der Waals surface area (Å²) in [6.45, 7) is 11.8. The minimum atomic E-state index is -0.555. The molecule has 0 amide bonds. The molecule has 0 radical (unpaired) electrons. The minimum absolute atomic E-state index is 0.320. The number of carbonyl (C=O) groups excluding carboxylic acids is 1. The van der Waals surface area contributed by atoms with E-state index in [4.69, 9.17) is 14.2 Å². The first kappa shape index (κ1) is 17.1. The monoisotopic (exact) mass is 258 g/mol. The summed E-state index contributed by atoms with van der Waals surface area (Å²) in [4.78, 5) is 11.5. The molecule has 0 aliphatic rings. The van der Waals surface area contributed by atoms with Crippen molar-refractivity contribution in [1.29, 1.82) is 0 Å². The highest BCUT2D eigenvalue weighted by molar-refractivity contribution is 5.86. The maximum atomic E-state index is 11.5. The standard InChI is InChI=1S/C14H26O4/c1-6-9-13(18-14(15)11(4)5)17-12(8-3)16-10-7-2/h12-13H,4,6-10H2,1-3,5H3. The van der Waals surface area contributed by atoms with E-state index in [2.05, 4.69) is 6.58 Å². The highest BCUT2D eigenvalue weighted by Gasteiger charge is 2.19. The lowest BCUT2D eigenvalue weighted by molar-refractivity contribution is -0.241. The second kappa shape index (κ2) is 10.1. The van der Waals surface area contributed by atoms with Crippen molar-refractivity contribution >= 4 is 5.97 Å². The van der Waals surface area contributed by atoms with Gasteiger partial charge in [0.25, 0.3) is 0 Å². The number of ether oxygens (including phenoxy) is 3. The Labute approximate surface area is 110 Å². The van der Waals surface area contributed by atoms with Gasteiger partial charge in [0.15, 0.2) is 6.29 Å². The van der Waals surface area contributed by atoms with Crippen molar-refractivity contribution in [2.75, 3.05) is 6.61 Å². The number of esters is 1. The van der Waals surface area contributed by atoms with Crippen LogP contribution in [-0.2, 0) is 19.0 Å². The van der Waals surface area contributed by atoms with E-state index in [9.17, 15) is 4.79 Å². The summed E-state index contributed by atoms with van der Waals surface area (Å²) >= 11 is 0. The van der Waals surface area contributed by atoms with Crippen LogP contribution in [0.5, 0.6) is 0 Å². The van der Waals surface area contributed by atoms with Gasteiger partial charge >= 0.3 is 5.97 Å². The predicted molar refractivity (Wildman–Crippen MR) is 71.0 cm³/mol. The van der Waals surface area contributed by atoms with Crippen molar-refractivity contribution in [3.8, 4) is 0 Å². The Kier molecular flexibility index (Phi) is 9.60. The zero-order chi connectivity index (χ0) is 14.0. The van der Waals surface area contributed by atoms with Gasteiger partial charge < -0.3 is 14.2 Å². The maximum Gasteiger partial charge on any atom is 0.335 e. The molecule has 0 fully saturated rings. The lowest BCUT2D eigenvalue weighted by Crippen LogP contribution is -2.29.